The molecule has 0 bridgehead atoms. The number of likely N-dealkylation sites (N-methyl/N-ethyl adjacent to an activating group) is 1. The molecule has 4 nitrogen and oxygen atoms in total. The average Bonchev–Trinajstić information content (AvgIpc) is 2.99. The van der Waals surface area contributed by atoms with Crippen LogP contribution in [-0.4, -0.2) is 23.9 Å². The van der Waals surface area contributed by atoms with E-state index in [2.05, 4.69) is 42.3 Å². The first-order chi connectivity index (χ1) is 12.6. The molecule has 0 spiro atoms. The molecule has 1 aromatic heterocycles. The Morgan fingerprint density at radius 2 is 2.08 bits per heavy atom. The number of hydrogen-bond acceptors (Lipinski definition) is 4. The molecule has 136 valence electrons. The fourth-order valence-corrected chi connectivity index (χ4v) is 4.71. The zero-order valence-corrected chi connectivity index (χ0v) is 16.3. The summed E-state index contributed by atoms with van der Waals surface area (Å²) in [7, 11) is 0. The Kier molecular flexibility index (Phi) is 6.08. The lowest BCUT2D eigenvalue weighted by Crippen LogP contribution is -2.32. The summed E-state index contributed by atoms with van der Waals surface area (Å²) in [6, 6.07) is 10.6. The maximum Gasteiger partial charge on any atom is 0.239 e. The van der Waals surface area contributed by atoms with Gasteiger partial charge in [0.25, 0.3) is 0 Å². The quantitative estimate of drug-likeness (QED) is 0.829. The predicted molar refractivity (Wildman–Crippen MR) is 106 cm³/mol. The highest BCUT2D eigenvalue weighted by Crippen LogP contribution is 2.37. The molecule has 2 aromatic rings. The number of anilines is 1. The molecule has 5 heteroatoms. The van der Waals surface area contributed by atoms with Crippen molar-refractivity contribution in [1.82, 2.24) is 4.90 Å². The third-order valence-electron chi connectivity index (χ3n) is 5.01. The van der Waals surface area contributed by atoms with E-state index in [0.29, 0.717) is 12.1 Å². The number of rotatable bonds is 6. The summed E-state index contributed by atoms with van der Waals surface area (Å²) in [6.45, 7) is 6.05. The number of aryl methyl sites for hydroxylation is 2. The number of thiophene rings is 1. The molecule has 26 heavy (non-hydrogen) atoms. The van der Waals surface area contributed by atoms with Crippen LogP contribution in [0.1, 0.15) is 46.9 Å². The maximum atomic E-state index is 12.6. The van der Waals surface area contributed by atoms with Crippen LogP contribution in [0.25, 0.3) is 0 Å². The van der Waals surface area contributed by atoms with Gasteiger partial charge < -0.3 is 5.32 Å². The molecular weight excluding hydrogens is 342 g/mol. The number of nitrogens with zero attached hydrogens (tertiary/aromatic N) is 2. The molecule has 0 saturated heterocycles. The van der Waals surface area contributed by atoms with Crippen LogP contribution < -0.4 is 5.32 Å². The Labute approximate surface area is 159 Å². The van der Waals surface area contributed by atoms with Gasteiger partial charge in [-0.25, -0.2) is 0 Å². The highest BCUT2D eigenvalue weighted by atomic mass is 32.1. The van der Waals surface area contributed by atoms with Gasteiger partial charge in [-0.3, -0.25) is 9.69 Å². The summed E-state index contributed by atoms with van der Waals surface area (Å²) in [5.41, 5.74) is 4.32. The molecule has 1 heterocycles. The molecule has 3 rings (SSSR count). The van der Waals surface area contributed by atoms with Crippen molar-refractivity contribution in [2.45, 2.75) is 46.1 Å². The second-order valence-corrected chi connectivity index (χ2v) is 7.91. The van der Waals surface area contributed by atoms with Crippen molar-refractivity contribution < 1.29 is 4.79 Å². The van der Waals surface area contributed by atoms with E-state index in [0.717, 1.165) is 42.9 Å². The summed E-state index contributed by atoms with van der Waals surface area (Å²) in [5, 5.41) is 13.3. The van der Waals surface area contributed by atoms with Crippen LogP contribution in [0.15, 0.2) is 24.3 Å². The first-order valence-corrected chi connectivity index (χ1v) is 10.0. The van der Waals surface area contributed by atoms with Gasteiger partial charge in [0, 0.05) is 11.4 Å². The first-order valence-electron chi connectivity index (χ1n) is 9.23. The maximum absolute atomic E-state index is 12.6. The zero-order valence-electron chi connectivity index (χ0n) is 15.5. The van der Waals surface area contributed by atoms with Gasteiger partial charge in [-0.15, -0.1) is 11.3 Å². The summed E-state index contributed by atoms with van der Waals surface area (Å²) in [5.74, 6) is -0.0458. The van der Waals surface area contributed by atoms with Crippen molar-refractivity contribution >= 4 is 22.2 Å². The standard InChI is InChI=1S/C21H25N3OS/c1-3-24(13-16-9-5-4-8-15(16)2)14-20(25)23-21-18(12-22)17-10-6-7-11-19(17)26-21/h4-5,8-9H,3,6-7,10-11,13-14H2,1-2H3,(H,23,25). The number of nitriles is 1. The van der Waals surface area contributed by atoms with Crippen LogP contribution in [0.5, 0.6) is 0 Å². The number of fused-ring (bicyclic) bond motifs is 1. The van der Waals surface area contributed by atoms with E-state index in [1.165, 1.54) is 22.4 Å². The zero-order chi connectivity index (χ0) is 18.5. The van der Waals surface area contributed by atoms with Crippen molar-refractivity contribution in [3.63, 3.8) is 0 Å². The van der Waals surface area contributed by atoms with E-state index < -0.39 is 0 Å². The first kappa shape index (κ1) is 18.6. The largest absolute Gasteiger partial charge is 0.315 e. The molecule has 0 saturated carbocycles. The second kappa shape index (κ2) is 8.48. The van der Waals surface area contributed by atoms with E-state index in [9.17, 15) is 10.1 Å². The van der Waals surface area contributed by atoms with Crippen molar-refractivity contribution in [1.29, 1.82) is 5.26 Å². The molecule has 0 fully saturated rings. The number of carbonyl (C=O) groups excluding carboxylic acids is 1. The van der Waals surface area contributed by atoms with Gasteiger partial charge in [-0.2, -0.15) is 5.26 Å². The van der Waals surface area contributed by atoms with Crippen LogP contribution in [-0.2, 0) is 24.2 Å². The number of hydrogen-bond donors (Lipinski definition) is 1. The van der Waals surface area contributed by atoms with Crippen molar-refractivity contribution in [3.05, 3.63) is 51.4 Å². The highest BCUT2D eigenvalue weighted by molar-refractivity contribution is 7.16. The van der Waals surface area contributed by atoms with Crippen molar-refractivity contribution in [2.24, 2.45) is 0 Å². The van der Waals surface area contributed by atoms with Crippen molar-refractivity contribution in [3.8, 4) is 6.07 Å². The predicted octanol–water partition coefficient (Wildman–Crippen LogP) is 4.27. The van der Waals surface area contributed by atoms with Crippen LogP contribution in [0, 0.1) is 18.3 Å². The van der Waals surface area contributed by atoms with Crippen LogP contribution in [0.4, 0.5) is 5.00 Å². The van der Waals surface area contributed by atoms with Gasteiger partial charge in [0.05, 0.1) is 12.1 Å². The number of benzene rings is 1. The Morgan fingerprint density at radius 3 is 2.81 bits per heavy atom. The Bertz CT molecular complexity index is 834. The smallest absolute Gasteiger partial charge is 0.239 e. The molecule has 1 amide bonds. The SMILES string of the molecule is CCN(CC(=O)Nc1sc2c(c1C#N)CCCC2)Cc1ccccc1C. The monoisotopic (exact) mass is 367 g/mol. The summed E-state index contributed by atoms with van der Waals surface area (Å²) >= 11 is 1.58. The lowest BCUT2D eigenvalue weighted by atomic mass is 9.96. The summed E-state index contributed by atoms with van der Waals surface area (Å²) in [6.07, 6.45) is 4.29. The normalized spacial score (nSPS) is 13.3. The average molecular weight is 368 g/mol. The fourth-order valence-electron chi connectivity index (χ4n) is 3.45. The molecule has 0 aliphatic heterocycles. The summed E-state index contributed by atoms with van der Waals surface area (Å²) in [4.78, 5) is 16.0. The van der Waals surface area contributed by atoms with Crippen molar-refractivity contribution in [2.75, 3.05) is 18.4 Å². The minimum atomic E-state index is -0.0458. The molecular formula is C21H25N3OS. The van der Waals surface area contributed by atoms with Gasteiger partial charge >= 0.3 is 0 Å². The molecule has 1 aromatic carbocycles. The molecule has 1 aliphatic carbocycles. The Hall–Kier alpha value is -2.16. The van der Waals surface area contributed by atoms with Gasteiger partial charge in [0.2, 0.25) is 5.91 Å². The van der Waals surface area contributed by atoms with Crippen LogP contribution in [0.3, 0.4) is 0 Å². The van der Waals surface area contributed by atoms with Crippen LogP contribution in [0.2, 0.25) is 0 Å². The Morgan fingerprint density at radius 1 is 1.31 bits per heavy atom. The topological polar surface area (TPSA) is 56.1 Å². The van der Waals surface area contributed by atoms with Gasteiger partial charge in [0.1, 0.15) is 11.1 Å². The molecule has 0 radical (unpaired) electrons. The number of amides is 1. The van der Waals surface area contributed by atoms with E-state index in [-0.39, 0.29) is 5.91 Å². The lowest BCUT2D eigenvalue weighted by Gasteiger charge is -2.20. The molecule has 0 unspecified atom stereocenters. The van der Waals surface area contributed by atoms with E-state index in [1.54, 1.807) is 11.3 Å². The minimum Gasteiger partial charge on any atom is -0.315 e. The van der Waals surface area contributed by atoms with E-state index >= 15 is 0 Å². The third kappa shape index (κ3) is 4.14. The number of carbonyl (C=O) groups is 1. The second-order valence-electron chi connectivity index (χ2n) is 6.80. The minimum absolute atomic E-state index is 0.0458. The van der Waals surface area contributed by atoms with E-state index in [4.69, 9.17) is 0 Å². The van der Waals surface area contributed by atoms with Gasteiger partial charge in [-0.1, -0.05) is 31.2 Å². The molecule has 1 N–H and O–H groups in total. The molecule has 0 atom stereocenters. The van der Waals surface area contributed by atoms with Gasteiger partial charge in [-0.05, 0) is 55.8 Å². The fraction of sp³-hybridized carbons (Fsp3) is 0.429. The van der Waals surface area contributed by atoms with E-state index in [1.807, 2.05) is 12.1 Å². The number of nitrogens with one attached hydrogen (secondary N) is 1. The van der Waals surface area contributed by atoms with Crippen LogP contribution >= 0.6 is 11.3 Å². The van der Waals surface area contributed by atoms with Gasteiger partial charge in [0.15, 0.2) is 0 Å². The summed E-state index contributed by atoms with van der Waals surface area (Å²) < 4.78 is 0. The lowest BCUT2D eigenvalue weighted by molar-refractivity contribution is -0.117. The molecule has 1 aliphatic rings. The Balaban J connectivity index is 1.67. The third-order valence-corrected chi connectivity index (χ3v) is 6.21. The highest BCUT2D eigenvalue weighted by Gasteiger charge is 2.22.